The molecule has 0 fully saturated rings. The lowest BCUT2D eigenvalue weighted by Crippen LogP contribution is -2.22. The van der Waals surface area contributed by atoms with Crippen LogP contribution in [0.5, 0.6) is 0 Å². The third kappa shape index (κ3) is 6.51. The van der Waals surface area contributed by atoms with E-state index in [0.29, 0.717) is 16.7 Å². The van der Waals surface area contributed by atoms with Crippen LogP contribution in [0, 0.1) is 41.5 Å². The first-order valence-corrected chi connectivity index (χ1v) is 12.4. The monoisotopic (exact) mass is 522 g/mol. The van der Waals surface area contributed by atoms with Crippen LogP contribution < -0.4 is 16.0 Å². The second-order valence-electron chi connectivity index (χ2n) is 9.62. The number of rotatable bonds is 6. The van der Waals surface area contributed by atoms with E-state index in [0.717, 1.165) is 33.4 Å². The highest BCUT2D eigenvalue weighted by molar-refractivity contribution is 6.07. The molecule has 4 aromatic rings. The molecule has 0 atom stereocenters. The summed E-state index contributed by atoms with van der Waals surface area (Å²) in [4.78, 5) is 51.8. The quantitative estimate of drug-likeness (QED) is 0.308. The lowest BCUT2D eigenvalue weighted by molar-refractivity contribution is 0.101. The molecule has 198 valence electrons. The van der Waals surface area contributed by atoms with Gasteiger partial charge in [-0.15, -0.1) is 0 Å². The number of carbonyl (C=O) groups is 3. The van der Waals surface area contributed by atoms with Crippen molar-refractivity contribution in [1.82, 2.24) is 15.0 Å². The number of benzene rings is 3. The van der Waals surface area contributed by atoms with Gasteiger partial charge in [-0.05, 0) is 76.4 Å². The van der Waals surface area contributed by atoms with Crippen molar-refractivity contribution in [2.24, 2.45) is 0 Å². The fourth-order valence-corrected chi connectivity index (χ4v) is 4.26. The highest BCUT2D eigenvalue weighted by Crippen LogP contribution is 2.18. The number of hydrogen-bond donors (Lipinski definition) is 3. The minimum absolute atomic E-state index is 0.123. The maximum atomic E-state index is 13.0. The Morgan fingerprint density at radius 1 is 0.462 bits per heavy atom. The van der Waals surface area contributed by atoms with Crippen molar-refractivity contribution in [3.05, 3.63) is 105 Å². The maximum Gasteiger partial charge on any atom is 0.258 e. The Morgan fingerprint density at radius 2 is 0.718 bits per heavy atom. The number of carbonyl (C=O) groups excluding carboxylic acids is 3. The molecule has 9 nitrogen and oxygen atoms in total. The standard InChI is InChI=1S/C30H30N6O3/c1-16-7-10-22(19(4)13-16)25(37)31-28-34-29(32-26(38)23-11-8-17(2)14-20(23)5)36-30(35-28)33-27(39)24-12-9-18(3)15-21(24)6/h7-15H,1-6H3,(H3,31,32,33,34,35,36,37,38,39). The van der Waals surface area contributed by atoms with Crippen molar-refractivity contribution < 1.29 is 14.4 Å². The van der Waals surface area contributed by atoms with Crippen LogP contribution in [-0.4, -0.2) is 32.7 Å². The Bertz CT molecular complexity index is 1410. The molecule has 0 aliphatic heterocycles. The van der Waals surface area contributed by atoms with Crippen molar-refractivity contribution in [3.8, 4) is 0 Å². The molecular formula is C30H30N6O3. The molecule has 0 radical (unpaired) electrons. The number of hydrogen-bond acceptors (Lipinski definition) is 6. The van der Waals surface area contributed by atoms with E-state index in [-0.39, 0.29) is 17.8 Å². The third-order valence-electron chi connectivity index (χ3n) is 6.19. The predicted molar refractivity (Wildman–Crippen MR) is 151 cm³/mol. The summed E-state index contributed by atoms with van der Waals surface area (Å²) in [5.41, 5.74) is 6.77. The van der Waals surface area contributed by atoms with Gasteiger partial charge in [-0.2, -0.15) is 15.0 Å². The van der Waals surface area contributed by atoms with E-state index < -0.39 is 17.7 Å². The van der Waals surface area contributed by atoms with Crippen LogP contribution in [-0.2, 0) is 0 Å². The summed E-state index contributed by atoms with van der Waals surface area (Å²) in [6.07, 6.45) is 0. The molecule has 3 amide bonds. The molecule has 1 heterocycles. The normalized spacial score (nSPS) is 10.6. The van der Waals surface area contributed by atoms with Crippen molar-refractivity contribution in [3.63, 3.8) is 0 Å². The van der Waals surface area contributed by atoms with E-state index >= 15 is 0 Å². The first kappa shape index (κ1) is 27.1. The number of aromatic nitrogens is 3. The lowest BCUT2D eigenvalue weighted by Gasteiger charge is -2.12. The number of nitrogens with zero attached hydrogens (tertiary/aromatic N) is 3. The van der Waals surface area contributed by atoms with Crippen LogP contribution >= 0.6 is 0 Å². The highest BCUT2D eigenvalue weighted by atomic mass is 16.2. The van der Waals surface area contributed by atoms with Crippen LogP contribution in [0.15, 0.2) is 54.6 Å². The van der Waals surface area contributed by atoms with E-state index in [4.69, 9.17) is 0 Å². The summed E-state index contributed by atoms with van der Waals surface area (Å²) in [6, 6.07) is 16.3. The molecule has 0 saturated carbocycles. The molecule has 0 saturated heterocycles. The fraction of sp³-hybridized carbons (Fsp3) is 0.200. The van der Waals surface area contributed by atoms with Gasteiger partial charge in [0, 0.05) is 16.7 Å². The molecule has 3 aromatic carbocycles. The van der Waals surface area contributed by atoms with Crippen LogP contribution in [0.3, 0.4) is 0 Å². The number of anilines is 3. The van der Waals surface area contributed by atoms with Crippen LogP contribution in [0.4, 0.5) is 17.8 Å². The highest BCUT2D eigenvalue weighted by Gasteiger charge is 2.18. The Balaban J connectivity index is 1.66. The van der Waals surface area contributed by atoms with Gasteiger partial charge in [-0.1, -0.05) is 53.1 Å². The number of nitrogens with one attached hydrogen (secondary N) is 3. The number of aryl methyl sites for hydroxylation is 6. The molecule has 0 spiro atoms. The molecule has 0 aliphatic rings. The SMILES string of the molecule is Cc1ccc(C(=O)Nc2nc(NC(=O)c3ccc(C)cc3C)nc(NC(=O)c3ccc(C)cc3C)n2)c(C)c1. The molecule has 9 heteroatoms. The summed E-state index contributed by atoms with van der Waals surface area (Å²) in [5, 5.41) is 7.98. The molecule has 3 N–H and O–H groups in total. The van der Waals surface area contributed by atoms with Gasteiger partial charge in [-0.25, -0.2) is 0 Å². The fourth-order valence-electron chi connectivity index (χ4n) is 4.26. The van der Waals surface area contributed by atoms with E-state index in [1.54, 1.807) is 18.2 Å². The first-order chi connectivity index (χ1) is 18.5. The predicted octanol–water partition coefficient (Wildman–Crippen LogP) is 5.48. The zero-order valence-electron chi connectivity index (χ0n) is 22.8. The van der Waals surface area contributed by atoms with Crippen molar-refractivity contribution in [2.75, 3.05) is 16.0 Å². The van der Waals surface area contributed by atoms with Gasteiger partial charge in [0.1, 0.15) is 0 Å². The molecule has 0 unspecified atom stereocenters. The lowest BCUT2D eigenvalue weighted by atomic mass is 10.1. The van der Waals surface area contributed by atoms with Gasteiger partial charge in [-0.3, -0.25) is 30.3 Å². The zero-order valence-corrected chi connectivity index (χ0v) is 22.8. The van der Waals surface area contributed by atoms with Crippen LogP contribution in [0.2, 0.25) is 0 Å². The van der Waals surface area contributed by atoms with Crippen molar-refractivity contribution >= 4 is 35.6 Å². The summed E-state index contributed by atoms with van der Waals surface area (Å²) in [7, 11) is 0. The van der Waals surface area contributed by atoms with Gasteiger partial charge < -0.3 is 0 Å². The average Bonchev–Trinajstić information content (AvgIpc) is 2.83. The Kier molecular flexibility index (Phi) is 7.80. The molecule has 1 aromatic heterocycles. The summed E-state index contributed by atoms with van der Waals surface area (Å²) >= 11 is 0. The molecule has 0 aliphatic carbocycles. The van der Waals surface area contributed by atoms with E-state index in [9.17, 15) is 14.4 Å². The zero-order chi connectivity index (χ0) is 28.3. The molecular weight excluding hydrogens is 492 g/mol. The van der Waals surface area contributed by atoms with E-state index in [1.807, 2.05) is 77.9 Å². The van der Waals surface area contributed by atoms with Crippen molar-refractivity contribution in [1.29, 1.82) is 0 Å². The van der Waals surface area contributed by atoms with Gasteiger partial charge in [0.05, 0.1) is 0 Å². The summed E-state index contributed by atoms with van der Waals surface area (Å²) in [6.45, 7) is 11.3. The number of amides is 3. The Labute approximate surface area is 227 Å². The second kappa shape index (κ2) is 11.2. The minimum atomic E-state index is -0.433. The molecule has 4 rings (SSSR count). The average molecular weight is 523 g/mol. The van der Waals surface area contributed by atoms with Gasteiger partial charge in [0.25, 0.3) is 17.7 Å². The maximum absolute atomic E-state index is 13.0. The van der Waals surface area contributed by atoms with Crippen molar-refractivity contribution in [2.45, 2.75) is 41.5 Å². The molecule has 39 heavy (non-hydrogen) atoms. The first-order valence-electron chi connectivity index (χ1n) is 12.4. The van der Waals surface area contributed by atoms with E-state index in [2.05, 4.69) is 30.9 Å². The van der Waals surface area contributed by atoms with Gasteiger partial charge >= 0.3 is 0 Å². The van der Waals surface area contributed by atoms with Gasteiger partial charge in [0.15, 0.2) is 0 Å². The summed E-state index contributed by atoms with van der Waals surface area (Å²) in [5.74, 6) is -1.67. The van der Waals surface area contributed by atoms with Crippen LogP contribution in [0.25, 0.3) is 0 Å². The third-order valence-corrected chi connectivity index (χ3v) is 6.19. The van der Waals surface area contributed by atoms with Crippen LogP contribution in [0.1, 0.15) is 64.5 Å². The van der Waals surface area contributed by atoms with Gasteiger partial charge in [0.2, 0.25) is 17.8 Å². The second-order valence-corrected chi connectivity index (χ2v) is 9.62. The van der Waals surface area contributed by atoms with E-state index in [1.165, 1.54) is 0 Å². The Morgan fingerprint density at radius 3 is 0.949 bits per heavy atom. The summed E-state index contributed by atoms with van der Waals surface area (Å²) < 4.78 is 0. The molecule has 0 bridgehead atoms. The Hall–Kier alpha value is -4.92. The topological polar surface area (TPSA) is 126 Å². The largest absolute Gasteiger partial charge is 0.290 e. The smallest absolute Gasteiger partial charge is 0.258 e. The minimum Gasteiger partial charge on any atom is -0.290 e.